The lowest BCUT2D eigenvalue weighted by atomic mass is 10.0. The fourth-order valence-electron chi connectivity index (χ4n) is 2.92. The number of para-hydroxylation sites is 1. The van der Waals surface area contributed by atoms with E-state index in [-0.39, 0.29) is 0 Å². The first kappa shape index (κ1) is 14.0. The van der Waals surface area contributed by atoms with Gasteiger partial charge in [-0.3, -0.25) is 4.57 Å². The molecule has 0 spiro atoms. The molecular weight excluding hydrogens is 300 g/mol. The van der Waals surface area contributed by atoms with Crippen molar-refractivity contribution in [2.24, 2.45) is 0 Å². The summed E-state index contributed by atoms with van der Waals surface area (Å²) in [5.74, 6) is 0. The maximum Gasteiger partial charge on any atom is 0.182 e. The zero-order valence-electron chi connectivity index (χ0n) is 12.6. The summed E-state index contributed by atoms with van der Waals surface area (Å²) in [6.07, 6.45) is 0.920. The van der Waals surface area contributed by atoms with Crippen LogP contribution in [0.2, 0.25) is 0 Å². The highest BCUT2D eigenvalue weighted by Gasteiger charge is 2.07. The van der Waals surface area contributed by atoms with Gasteiger partial charge in [0.2, 0.25) is 0 Å². The molecule has 0 saturated carbocycles. The lowest BCUT2D eigenvalue weighted by Crippen LogP contribution is -1.94. The number of H-pyrrole nitrogens is 1. The number of aromatic nitrogens is 2. The second-order valence-electron chi connectivity index (χ2n) is 5.61. The predicted molar refractivity (Wildman–Crippen MR) is 97.7 cm³/mol. The highest BCUT2D eigenvalue weighted by molar-refractivity contribution is 7.71. The smallest absolute Gasteiger partial charge is 0.182 e. The first-order valence-electron chi connectivity index (χ1n) is 7.64. The minimum Gasteiger partial charge on any atom is -0.330 e. The van der Waals surface area contributed by atoms with E-state index in [2.05, 4.69) is 64.1 Å². The van der Waals surface area contributed by atoms with Gasteiger partial charge in [0, 0.05) is 5.69 Å². The molecule has 1 N–H and O–H groups in total. The van der Waals surface area contributed by atoms with Crippen LogP contribution >= 0.6 is 12.2 Å². The Kier molecular flexibility index (Phi) is 3.56. The third kappa shape index (κ3) is 2.71. The molecule has 0 atom stereocenters. The van der Waals surface area contributed by atoms with Crippen LogP contribution in [0.3, 0.4) is 0 Å². The maximum atomic E-state index is 5.52. The van der Waals surface area contributed by atoms with E-state index < -0.39 is 0 Å². The van der Waals surface area contributed by atoms with Crippen molar-refractivity contribution in [2.45, 2.75) is 6.42 Å². The Morgan fingerprint density at radius 1 is 0.783 bits per heavy atom. The quantitative estimate of drug-likeness (QED) is 0.510. The van der Waals surface area contributed by atoms with Crippen LogP contribution in [0.25, 0.3) is 16.7 Å². The van der Waals surface area contributed by atoms with Gasteiger partial charge in [0.15, 0.2) is 4.77 Å². The van der Waals surface area contributed by atoms with Crippen LogP contribution in [0.1, 0.15) is 11.1 Å². The third-order valence-corrected chi connectivity index (χ3v) is 4.30. The Bertz CT molecular complexity index is 998. The highest BCUT2D eigenvalue weighted by Crippen LogP contribution is 2.22. The van der Waals surface area contributed by atoms with Crippen molar-refractivity contribution in [1.82, 2.24) is 9.55 Å². The predicted octanol–water partition coefficient (Wildman–Crippen LogP) is 5.28. The Labute approximate surface area is 140 Å². The largest absolute Gasteiger partial charge is 0.330 e. The molecular formula is C20H16N2S. The van der Waals surface area contributed by atoms with Gasteiger partial charge in [-0.15, -0.1) is 0 Å². The Hall–Kier alpha value is -2.65. The summed E-state index contributed by atoms with van der Waals surface area (Å²) in [4.78, 5) is 3.29. The number of imidazole rings is 1. The summed E-state index contributed by atoms with van der Waals surface area (Å²) in [5, 5.41) is 0. The summed E-state index contributed by atoms with van der Waals surface area (Å²) in [5.41, 5.74) is 5.86. The number of nitrogens with zero attached hydrogens (tertiary/aromatic N) is 1. The highest BCUT2D eigenvalue weighted by atomic mass is 32.1. The van der Waals surface area contributed by atoms with Gasteiger partial charge >= 0.3 is 0 Å². The molecule has 0 saturated heterocycles. The number of fused-ring (bicyclic) bond motifs is 1. The Morgan fingerprint density at radius 3 is 2.22 bits per heavy atom. The molecule has 0 fully saturated rings. The SMILES string of the molecule is S=c1[nH]c2ccc(Cc3ccccc3)cc2n1-c1ccccc1. The molecule has 4 aromatic rings. The van der Waals surface area contributed by atoms with Crippen molar-refractivity contribution in [3.05, 3.63) is 94.8 Å². The molecule has 0 aliphatic carbocycles. The zero-order chi connectivity index (χ0) is 15.6. The third-order valence-electron chi connectivity index (χ3n) is 4.01. The van der Waals surface area contributed by atoms with Crippen LogP contribution in [0.15, 0.2) is 78.9 Å². The molecule has 0 amide bonds. The van der Waals surface area contributed by atoms with Crippen molar-refractivity contribution in [3.63, 3.8) is 0 Å². The summed E-state index contributed by atoms with van der Waals surface area (Å²) in [7, 11) is 0. The summed E-state index contributed by atoms with van der Waals surface area (Å²) < 4.78 is 2.82. The molecule has 1 aromatic heterocycles. The van der Waals surface area contributed by atoms with Crippen LogP contribution in [0, 0.1) is 4.77 Å². The van der Waals surface area contributed by atoms with Crippen molar-refractivity contribution in [1.29, 1.82) is 0 Å². The van der Waals surface area contributed by atoms with Gasteiger partial charge in [0.05, 0.1) is 11.0 Å². The lowest BCUT2D eigenvalue weighted by Gasteiger charge is -2.06. The molecule has 0 aliphatic heterocycles. The first-order chi connectivity index (χ1) is 11.3. The fraction of sp³-hybridized carbons (Fsp3) is 0.0500. The Balaban J connectivity index is 1.83. The number of hydrogen-bond donors (Lipinski definition) is 1. The van der Waals surface area contributed by atoms with E-state index in [0.717, 1.165) is 27.9 Å². The molecule has 4 rings (SSSR count). The summed E-state index contributed by atoms with van der Waals surface area (Å²) in [6.45, 7) is 0. The number of hydrogen-bond acceptors (Lipinski definition) is 1. The van der Waals surface area contributed by atoms with Crippen molar-refractivity contribution in [2.75, 3.05) is 0 Å². The number of rotatable bonds is 3. The van der Waals surface area contributed by atoms with Crippen LogP contribution in [0.4, 0.5) is 0 Å². The lowest BCUT2D eigenvalue weighted by molar-refractivity contribution is 1.06. The van der Waals surface area contributed by atoms with E-state index in [1.807, 2.05) is 24.3 Å². The molecule has 23 heavy (non-hydrogen) atoms. The molecule has 0 aliphatic rings. The van der Waals surface area contributed by atoms with Crippen molar-refractivity contribution in [3.8, 4) is 5.69 Å². The molecule has 0 unspecified atom stereocenters. The topological polar surface area (TPSA) is 20.7 Å². The Morgan fingerprint density at radius 2 is 1.48 bits per heavy atom. The minimum atomic E-state index is 0.725. The first-order valence-corrected chi connectivity index (χ1v) is 8.05. The van der Waals surface area contributed by atoms with Gasteiger partial charge < -0.3 is 4.98 Å². The average molecular weight is 316 g/mol. The van der Waals surface area contributed by atoms with E-state index >= 15 is 0 Å². The van der Waals surface area contributed by atoms with E-state index in [4.69, 9.17) is 12.2 Å². The molecule has 0 radical (unpaired) electrons. The van der Waals surface area contributed by atoms with Gasteiger partial charge in [-0.1, -0.05) is 54.6 Å². The van der Waals surface area contributed by atoms with E-state index in [1.165, 1.54) is 11.1 Å². The molecule has 2 nitrogen and oxygen atoms in total. The zero-order valence-corrected chi connectivity index (χ0v) is 13.4. The van der Waals surface area contributed by atoms with Gasteiger partial charge in [-0.05, 0) is 54.0 Å². The van der Waals surface area contributed by atoms with Crippen LogP contribution in [0.5, 0.6) is 0 Å². The summed E-state index contributed by atoms with van der Waals surface area (Å²) >= 11 is 5.52. The van der Waals surface area contributed by atoms with Gasteiger partial charge in [0.1, 0.15) is 0 Å². The van der Waals surface area contributed by atoms with Crippen LogP contribution in [-0.2, 0) is 6.42 Å². The summed E-state index contributed by atoms with van der Waals surface area (Å²) in [6, 6.07) is 27.3. The normalized spacial score (nSPS) is 11.0. The maximum absolute atomic E-state index is 5.52. The number of aromatic amines is 1. The van der Waals surface area contributed by atoms with Crippen molar-refractivity contribution < 1.29 is 0 Å². The molecule has 3 aromatic carbocycles. The average Bonchev–Trinajstić information content (AvgIpc) is 2.92. The van der Waals surface area contributed by atoms with Gasteiger partial charge in [-0.2, -0.15) is 0 Å². The van der Waals surface area contributed by atoms with E-state index in [1.54, 1.807) is 0 Å². The van der Waals surface area contributed by atoms with Gasteiger partial charge in [0.25, 0.3) is 0 Å². The van der Waals surface area contributed by atoms with Crippen LogP contribution in [-0.4, -0.2) is 9.55 Å². The number of benzene rings is 3. The van der Waals surface area contributed by atoms with E-state index in [9.17, 15) is 0 Å². The molecule has 0 bridgehead atoms. The van der Waals surface area contributed by atoms with Gasteiger partial charge in [-0.25, -0.2) is 0 Å². The monoisotopic (exact) mass is 316 g/mol. The van der Waals surface area contributed by atoms with E-state index in [0.29, 0.717) is 0 Å². The molecule has 3 heteroatoms. The van der Waals surface area contributed by atoms with Crippen LogP contribution < -0.4 is 0 Å². The standard InChI is InChI=1S/C20H16N2S/c23-20-21-18-12-11-16(13-15-7-3-1-4-8-15)14-19(18)22(20)17-9-5-2-6-10-17/h1-12,14H,13H2,(H,21,23). The molecule has 112 valence electrons. The van der Waals surface area contributed by atoms with Crippen molar-refractivity contribution >= 4 is 23.3 Å². The minimum absolute atomic E-state index is 0.725. The molecule has 1 heterocycles. The second kappa shape index (κ2) is 5.86. The number of nitrogens with one attached hydrogen (secondary N) is 1. The fourth-order valence-corrected chi connectivity index (χ4v) is 3.24. The second-order valence-corrected chi connectivity index (χ2v) is 6.00.